The molecule has 1 unspecified atom stereocenters. The van der Waals surface area contributed by atoms with Gasteiger partial charge >= 0.3 is 0 Å². The van der Waals surface area contributed by atoms with Gasteiger partial charge in [0, 0.05) is 31.6 Å². The Morgan fingerprint density at radius 1 is 1.17 bits per heavy atom. The maximum absolute atomic E-state index is 8.98. The lowest BCUT2D eigenvalue weighted by molar-refractivity contribution is 0.275. The number of aliphatic hydroxyl groups excluding tert-OH is 1. The van der Waals surface area contributed by atoms with Crippen LogP contribution in [-0.4, -0.2) is 16.7 Å². The van der Waals surface area contributed by atoms with Crippen molar-refractivity contribution in [2.24, 2.45) is 0 Å². The molecule has 3 heteroatoms. The number of benzene rings is 1. The first-order valence-corrected chi connectivity index (χ1v) is 6.41. The van der Waals surface area contributed by atoms with E-state index < -0.39 is 0 Å². The molecule has 18 heavy (non-hydrogen) atoms. The van der Waals surface area contributed by atoms with Crippen molar-refractivity contribution in [1.82, 2.24) is 10.3 Å². The first-order chi connectivity index (χ1) is 8.90. The van der Waals surface area contributed by atoms with Gasteiger partial charge in [-0.15, -0.1) is 0 Å². The van der Waals surface area contributed by atoms with E-state index in [0.717, 1.165) is 19.4 Å². The van der Waals surface area contributed by atoms with Gasteiger partial charge in [0.1, 0.15) is 0 Å². The van der Waals surface area contributed by atoms with Crippen LogP contribution in [0.5, 0.6) is 0 Å². The fourth-order valence-electron chi connectivity index (χ4n) is 2.08. The van der Waals surface area contributed by atoms with Gasteiger partial charge in [-0.05, 0) is 30.0 Å². The van der Waals surface area contributed by atoms with Crippen molar-refractivity contribution in [3.63, 3.8) is 0 Å². The fourth-order valence-corrected chi connectivity index (χ4v) is 2.08. The highest BCUT2D eigenvalue weighted by molar-refractivity contribution is 5.19. The van der Waals surface area contributed by atoms with Crippen LogP contribution in [0.3, 0.4) is 0 Å². The third-order valence-electron chi connectivity index (χ3n) is 3.07. The van der Waals surface area contributed by atoms with Crippen LogP contribution >= 0.6 is 0 Å². The molecule has 0 aliphatic carbocycles. The van der Waals surface area contributed by atoms with Gasteiger partial charge < -0.3 is 15.4 Å². The summed E-state index contributed by atoms with van der Waals surface area (Å²) in [6.07, 6.45) is 5.70. The number of hydrogen-bond acceptors (Lipinski definition) is 2. The second-order valence-corrected chi connectivity index (χ2v) is 4.43. The molecule has 0 radical (unpaired) electrons. The average molecular weight is 244 g/mol. The van der Waals surface area contributed by atoms with E-state index in [0.29, 0.717) is 6.04 Å². The third kappa shape index (κ3) is 3.72. The lowest BCUT2D eigenvalue weighted by Gasteiger charge is -2.18. The molecule has 3 N–H and O–H groups in total. The average Bonchev–Trinajstić information content (AvgIpc) is 2.93. The Morgan fingerprint density at radius 2 is 2.00 bits per heavy atom. The van der Waals surface area contributed by atoms with Crippen LogP contribution < -0.4 is 5.32 Å². The van der Waals surface area contributed by atoms with Gasteiger partial charge in [0.05, 0.1) is 0 Å². The van der Waals surface area contributed by atoms with Crippen LogP contribution in [0.25, 0.3) is 0 Å². The molecule has 0 amide bonds. The number of aromatic amines is 1. The summed E-state index contributed by atoms with van der Waals surface area (Å²) in [5, 5.41) is 12.5. The zero-order valence-corrected chi connectivity index (χ0v) is 10.5. The number of rotatable bonds is 7. The predicted molar refractivity (Wildman–Crippen MR) is 73.1 cm³/mol. The van der Waals surface area contributed by atoms with Gasteiger partial charge in [-0.2, -0.15) is 0 Å². The SMILES string of the molecule is OCCCC(NCc1cc[nH]c1)c1ccccc1. The normalized spacial score (nSPS) is 12.5. The molecule has 0 spiro atoms. The Kier molecular flexibility index (Phi) is 5.00. The maximum atomic E-state index is 8.98. The number of aliphatic hydroxyl groups is 1. The molecule has 3 nitrogen and oxygen atoms in total. The molecule has 0 bridgehead atoms. The minimum Gasteiger partial charge on any atom is -0.396 e. The van der Waals surface area contributed by atoms with E-state index in [1.54, 1.807) is 0 Å². The van der Waals surface area contributed by atoms with Gasteiger partial charge in [0.2, 0.25) is 0 Å². The molecular weight excluding hydrogens is 224 g/mol. The van der Waals surface area contributed by atoms with Gasteiger partial charge in [0.15, 0.2) is 0 Å². The van der Waals surface area contributed by atoms with Crippen molar-refractivity contribution in [3.05, 3.63) is 59.9 Å². The largest absolute Gasteiger partial charge is 0.396 e. The standard InChI is InChI=1S/C15H20N2O/c18-10-4-7-15(14-5-2-1-3-6-14)17-12-13-8-9-16-11-13/h1-3,5-6,8-9,11,15-18H,4,7,10,12H2. The third-order valence-corrected chi connectivity index (χ3v) is 3.07. The number of aromatic nitrogens is 1. The Bertz CT molecular complexity index is 425. The molecular formula is C15H20N2O. The molecule has 1 atom stereocenters. The van der Waals surface area contributed by atoms with Crippen molar-refractivity contribution in [3.8, 4) is 0 Å². The highest BCUT2D eigenvalue weighted by Crippen LogP contribution is 2.18. The molecule has 0 saturated heterocycles. The fraction of sp³-hybridized carbons (Fsp3) is 0.333. The van der Waals surface area contributed by atoms with E-state index in [-0.39, 0.29) is 6.61 Å². The van der Waals surface area contributed by atoms with E-state index in [1.165, 1.54) is 11.1 Å². The van der Waals surface area contributed by atoms with E-state index >= 15 is 0 Å². The van der Waals surface area contributed by atoms with Gasteiger partial charge in [0.25, 0.3) is 0 Å². The molecule has 0 aliphatic rings. The van der Waals surface area contributed by atoms with Crippen LogP contribution in [-0.2, 0) is 6.54 Å². The molecule has 0 saturated carbocycles. The molecule has 1 heterocycles. The van der Waals surface area contributed by atoms with Gasteiger partial charge in [-0.3, -0.25) is 0 Å². The molecule has 2 rings (SSSR count). The molecule has 2 aromatic rings. The smallest absolute Gasteiger partial charge is 0.0431 e. The lowest BCUT2D eigenvalue weighted by Crippen LogP contribution is -2.21. The predicted octanol–water partition coefficient (Wildman–Crippen LogP) is 2.62. The minimum absolute atomic E-state index is 0.245. The molecule has 96 valence electrons. The summed E-state index contributed by atoms with van der Waals surface area (Å²) in [5.74, 6) is 0. The monoisotopic (exact) mass is 244 g/mol. The van der Waals surface area contributed by atoms with Gasteiger partial charge in [-0.1, -0.05) is 30.3 Å². The van der Waals surface area contributed by atoms with Crippen molar-refractivity contribution in [2.45, 2.75) is 25.4 Å². The lowest BCUT2D eigenvalue weighted by atomic mass is 10.0. The van der Waals surface area contributed by atoms with E-state index in [9.17, 15) is 0 Å². The van der Waals surface area contributed by atoms with Crippen LogP contribution in [0, 0.1) is 0 Å². The summed E-state index contributed by atoms with van der Waals surface area (Å²) in [7, 11) is 0. The second-order valence-electron chi connectivity index (χ2n) is 4.43. The van der Waals surface area contributed by atoms with E-state index in [1.807, 2.05) is 18.5 Å². The topological polar surface area (TPSA) is 48.0 Å². The summed E-state index contributed by atoms with van der Waals surface area (Å²) >= 11 is 0. The summed E-state index contributed by atoms with van der Waals surface area (Å²) in [4.78, 5) is 3.06. The number of hydrogen-bond donors (Lipinski definition) is 3. The quantitative estimate of drug-likeness (QED) is 0.701. The molecule has 0 aliphatic heterocycles. The van der Waals surface area contributed by atoms with Crippen molar-refractivity contribution >= 4 is 0 Å². The first kappa shape index (κ1) is 12.9. The zero-order chi connectivity index (χ0) is 12.6. The van der Waals surface area contributed by atoms with Crippen molar-refractivity contribution < 1.29 is 5.11 Å². The van der Waals surface area contributed by atoms with E-state index in [4.69, 9.17) is 5.11 Å². The van der Waals surface area contributed by atoms with Crippen LogP contribution in [0.15, 0.2) is 48.8 Å². The molecule has 1 aromatic heterocycles. The van der Waals surface area contributed by atoms with Gasteiger partial charge in [-0.25, -0.2) is 0 Å². The van der Waals surface area contributed by atoms with Crippen LogP contribution in [0.4, 0.5) is 0 Å². The molecule has 1 aromatic carbocycles. The number of H-pyrrole nitrogens is 1. The van der Waals surface area contributed by atoms with Crippen molar-refractivity contribution in [2.75, 3.05) is 6.61 Å². The second kappa shape index (κ2) is 6.99. The number of nitrogens with one attached hydrogen (secondary N) is 2. The molecule has 0 fully saturated rings. The Labute approximate surface area is 108 Å². The Hall–Kier alpha value is -1.58. The first-order valence-electron chi connectivity index (χ1n) is 6.41. The Balaban J connectivity index is 1.96. The van der Waals surface area contributed by atoms with E-state index in [2.05, 4.69) is 40.6 Å². The summed E-state index contributed by atoms with van der Waals surface area (Å²) in [5.41, 5.74) is 2.53. The summed E-state index contributed by atoms with van der Waals surface area (Å²) in [6, 6.07) is 12.8. The maximum Gasteiger partial charge on any atom is 0.0431 e. The summed E-state index contributed by atoms with van der Waals surface area (Å²) in [6.45, 7) is 1.09. The Morgan fingerprint density at radius 3 is 2.67 bits per heavy atom. The van der Waals surface area contributed by atoms with Crippen LogP contribution in [0.1, 0.15) is 30.0 Å². The zero-order valence-electron chi connectivity index (χ0n) is 10.5. The summed E-state index contributed by atoms with van der Waals surface area (Å²) < 4.78 is 0. The highest BCUT2D eigenvalue weighted by atomic mass is 16.2. The van der Waals surface area contributed by atoms with Crippen molar-refractivity contribution in [1.29, 1.82) is 0 Å². The highest BCUT2D eigenvalue weighted by Gasteiger charge is 2.10. The van der Waals surface area contributed by atoms with Crippen LogP contribution in [0.2, 0.25) is 0 Å². The minimum atomic E-state index is 0.245.